The quantitative estimate of drug-likeness (QED) is 0.801. The summed E-state index contributed by atoms with van der Waals surface area (Å²) in [5.74, 6) is 6.17. The number of aliphatic hydroxyl groups is 1. The van der Waals surface area contributed by atoms with E-state index in [-0.39, 0.29) is 12.5 Å². The lowest BCUT2D eigenvalue weighted by atomic mass is 9.85. The van der Waals surface area contributed by atoms with Gasteiger partial charge in [-0.05, 0) is 31.2 Å². The van der Waals surface area contributed by atoms with Crippen molar-refractivity contribution >= 4 is 5.91 Å². The van der Waals surface area contributed by atoms with Gasteiger partial charge in [-0.3, -0.25) is 9.78 Å². The highest BCUT2D eigenvalue weighted by Gasteiger charge is 2.38. The van der Waals surface area contributed by atoms with Crippen LogP contribution in [0.1, 0.15) is 48.0 Å². The van der Waals surface area contributed by atoms with Crippen molar-refractivity contribution in [3.63, 3.8) is 0 Å². The first-order chi connectivity index (χ1) is 10.3. The number of rotatable bonds is 1. The zero-order chi connectivity index (χ0) is 14.7. The second-order valence-electron chi connectivity index (χ2n) is 5.78. The molecule has 1 aromatic heterocycles. The molecule has 2 unspecified atom stereocenters. The van der Waals surface area contributed by atoms with Crippen LogP contribution in [-0.2, 0) is 0 Å². The maximum atomic E-state index is 12.9. The van der Waals surface area contributed by atoms with Crippen molar-refractivity contribution < 1.29 is 9.90 Å². The molecule has 110 valence electrons. The fourth-order valence-corrected chi connectivity index (χ4v) is 3.63. The molecule has 2 aliphatic rings. The van der Waals surface area contributed by atoms with Gasteiger partial charge in [0.15, 0.2) is 0 Å². The van der Waals surface area contributed by atoms with Crippen LogP contribution in [0.2, 0.25) is 0 Å². The van der Waals surface area contributed by atoms with Crippen LogP contribution in [0.25, 0.3) is 0 Å². The van der Waals surface area contributed by atoms with Gasteiger partial charge in [-0.1, -0.05) is 24.7 Å². The molecule has 0 radical (unpaired) electrons. The van der Waals surface area contributed by atoms with Crippen molar-refractivity contribution in [2.24, 2.45) is 5.92 Å². The summed E-state index contributed by atoms with van der Waals surface area (Å²) in [7, 11) is 0. The number of carbonyl (C=O) groups excluding carboxylic acids is 1. The average molecular weight is 284 g/mol. The van der Waals surface area contributed by atoms with Crippen molar-refractivity contribution in [1.29, 1.82) is 0 Å². The number of pyridine rings is 1. The maximum absolute atomic E-state index is 12.9. The van der Waals surface area contributed by atoms with Gasteiger partial charge in [-0.25, -0.2) is 0 Å². The Balaban J connectivity index is 1.85. The Bertz CT molecular complexity index is 588. The number of amides is 1. The number of aromatic nitrogens is 1. The Morgan fingerprint density at radius 3 is 3.10 bits per heavy atom. The fraction of sp³-hybridized carbons (Fsp3) is 0.529. The predicted molar refractivity (Wildman–Crippen MR) is 79.6 cm³/mol. The molecule has 1 amide bonds. The van der Waals surface area contributed by atoms with E-state index in [0.717, 1.165) is 19.4 Å². The molecule has 0 aromatic carbocycles. The number of hydrogen-bond donors (Lipinski definition) is 1. The van der Waals surface area contributed by atoms with Gasteiger partial charge in [0.1, 0.15) is 6.61 Å². The van der Waals surface area contributed by atoms with Crippen LogP contribution in [0.3, 0.4) is 0 Å². The number of aliphatic hydroxyl groups excluding tert-OH is 1. The summed E-state index contributed by atoms with van der Waals surface area (Å²) in [4.78, 5) is 18.9. The Kier molecular flexibility index (Phi) is 4.21. The summed E-state index contributed by atoms with van der Waals surface area (Å²) in [6.07, 6.45) is 9.25. The van der Waals surface area contributed by atoms with Gasteiger partial charge >= 0.3 is 0 Å². The van der Waals surface area contributed by atoms with E-state index in [0.29, 0.717) is 23.1 Å². The minimum Gasteiger partial charge on any atom is -0.384 e. The topological polar surface area (TPSA) is 53.4 Å². The first-order valence-electron chi connectivity index (χ1n) is 7.66. The molecule has 21 heavy (non-hydrogen) atoms. The van der Waals surface area contributed by atoms with Crippen LogP contribution >= 0.6 is 0 Å². The molecule has 1 saturated carbocycles. The van der Waals surface area contributed by atoms with Gasteiger partial charge in [0, 0.05) is 25.0 Å². The summed E-state index contributed by atoms with van der Waals surface area (Å²) >= 11 is 0. The molecule has 2 atom stereocenters. The zero-order valence-electron chi connectivity index (χ0n) is 12.1. The number of nitrogens with zero attached hydrogens (tertiary/aromatic N) is 2. The normalized spacial score (nSPS) is 24.1. The first kappa shape index (κ1) is 14.1. The van der Waals surface area contributed by atoms with E-state index in [2.05, 4.69) is 16.8 Å². The lowest BCUT2D eigenvalue weighted by molar-refractivity contribution is 0.0689. The Hall–Kier alpha value is -1.86. The van der Waals surface area contributed by atoms with E-state index in [1.54, 1.807) is 18.5 Å². The third kappa shape index (κ3) is 2.79. The SMILES string of the molecule is O=C(c1ccncc1C#CCO)N1CCC2CCCCC21. The van der Waals surface area contributed by atoms with Crippen molar-refractivity contribution in [2.45, 2.75) is 38.1 Å². The third-order valence-corrected chi connectivity index (χ3v) is 4.62. The van der Waals surface area contributed by atoms with Crippen LogP contribution < -0.4 is 0 Å². The van der Waals surface area contributed by atoms with Gasteiger partial charge in [0.25, 0.3) is 5.91 Å². The molecule has 1 aliphatic carbocycles. The Morgan fingerprint density at radius 1 is 1.38 bits per heavy atom. The standard InChI is InChI=1S/C17H20N2O2/c20-11-3-5-14-12-18-9-7-15(14)17(21)19-10-8-13-4-1-2-6-16(13)19/h7,9,12-13,16,20H,1-2,4,6,8,10-11H2. The lowest BCUT2D eigenvalue weighted by Crippen LogP contribution is -2.39. The van der Waals surface area contributed by atoms with Crippen LogP contribution in [0.4, 0.5) is 0 Å². The molecule has 0 spiro atoms. The molecular weight excluding hydrogens is 264 g/mol. The molecule has 1 N–H and O–H groups in total. The number of carbonyl (C=O) groups is 1. The fourth-order valence-electron chi connectivity index (χ4n) is 3.63. The molecule has 2 heterocycles. The van der Waals surface area contributed by atoms with E-state index < -0.39 is 0 Å². The average Bonchev–Trinajstić information content (AvgIpc) is 2.96. The smallest absolute Gasteiger partial charge is 0.255 e. The minimum atomic E-state index is -0.211. The van der Waals surface area contributed by atoms with Crippen molar-refractivity contribution in [3.05, 3.63) is 29.6 Å². The minimum absolute atomic E-state index is 0.0639. The highest BCUT2D eigenvalue weighted by atomic mass is 16.2. The van der Waals surface area contributed by atoms with Gasteiger partial charge < -0.3 is 10.0 Å². The van der Waals surface area contributed by atoms with Crippen LogP contribution in [0, 0.1) is 17.8 Å². The van der Waals surface area contributed by atoms with Gasteiger partial charge in [0.05, 0.1) is 11.1 Å². The Morgan fingerprint density at radius 2 is 2.24 bits per heavy atom. The third-order valence-electron chi connectivity index (χ3n) is 4.62. The molecule has 3 rings (SSSR count). The molecule has 4 nitrogen and oxygen atoms in total. The van der Waals surface area contributed by atoms with Crippen molar-refractivity contribution in [2.75, 3.05) is 13.2 Å². The summed E-state index contributed by atoms with van der Waals surface area (Å²) in [6, 6.07) is 2.14. The highest BCUT2D eigenvalue weighted by molar-refractivity contribution is 5.97. The van der Waals surface area contributed by atoms with E-state index in [9.17, 15) is 4.79 Å². The maximum Gasteiger partial charge on any atom is 0.255 e. The molecule has 4 heteroatoms. The van der Waals surface area contributed by atoms with Gasteiger partial charge in [-0.2, -0.15) is 0 Å². The highest BCUT2D eigenvalue weighted by Crippen LogP contribution is 2.36. The van der Waals surface area contributed by atoms with Crippen LogP contribution in [-0.4, -0.2) is 40.1 Å². The van der Waals surface area contributed by atoms with Crippen molar-refractivity contribution in [3.8, 4) is 11.8 Å². The summed E-state index contributed by atoms with van der Waals surface area (Å²) in [5, 5.41) is 8.83. The largest absolute Gasteiger partial charge is 0.384 e. The van der Waals surface area contributed by atoms with E-state index >= 15 is 0 Å². The van der Waals surface area contributed by atoms with E-state index in [1.807, 2.05) is 4.90 Å². The molecule has 1 aliphatic heterocycles. The van der Waals surface area contributed by atoms with Gasteiger partial charge in [-0.15, -0.1) is 0 Å². The van der Waals surface area contributed by atoms with Crippen molar-refractivity contribution in [1.82, 2.24) is 9.88 Å². The second-order valence-corrected chi connectivity index (χ2v) is 5.78. The molecular formula is C17H20N2O2. The second kappa shape index (κ2) is 6.28. The predicted octanol–water partition coefficient (Wildman–Crippen LogP) is 1.83. The number of fused-ring (bicyclic) bond motifs is 1. The molecule has 2 fully saturated rings. The number of hydrogen-bond acceptors (Lipinski definition) is 3. The monoisotopic (exact) mass is 284 g/mol. The van der Waals surface area contributed by atoms with E-state index in [4.69, 9.17) is 5.11 Å². The van der Waals surface area contributed by atoms with Gasteiger partial charge in [0.2, 0.25) is 0 Å². The molecule has 0 bridgehead atoms. The molecule has 1 saturated heterocycles. The number of likely N-dealkylation sites (tertiary alicyclic amines) is 1. The lowest BCUT2D eigenvalue weighted by Gasteiger charge is -2.31. The first-order valence-corrected chi connectivity index (χ1v) is 7.66. The zero-order valence-corrected chi connectivity index (χ0v) is 12.1. The molecule has 1 aromatic rings. The summed E-state index contributed by atoms with van der Waals surface area (Å²) in [5.41, 5.74) is 1.22. The van der Waals surface area contributed by atoms with Crippen LogP contribution in [0.5, 0.6) is 0 Å². The van der Waals surface area contributed by atoms with E-state index in [1.165, 1.54) is 19.3 Å². The summed E-state index contributed by atoms with van der Waals surface area (Å²) in [6.45, 7) is 0.639. The summed E-state index contributed by atoms with van der Waals surface area (Å²) < 4.78 is 0. The Labute approximate surface area is 125 Å². The van der Waals surface area contributed by atoms with Crippen LogP contribution in [0.15, 0.2) is 18.5 Å².